The van der Waals surface area contributed by atoms with Gasteiger partial charge in [0.1, 0.15) is 0 Å². The van der Waals surface area contributed by atoms with Gasteiger partial charge >= 0.3 is 0 Å². The quantitative estimate of drug-likeness (QED) is 0.702. The van der Waals surface area contributed by atoms with Crippen LogP contribution in [0.25, 0.3) is 0 Å². The molecule has 0 spiro atoms. The van der Waals surface area contributed by atoms with Gasteiger partial charge in [-0.1, -0.05) is 18.5 Å². The summed E-state index contributed by atoms with van der Waals surface area (Å²) >= 11 is 5.83. The van der Waals surface area contributed by atoms with Crippen LogP contribution in [0.3, 0.4) is 0 Å². The van der Waals surface area contributed by atoms with Crippen molar-refractivity contribution in [3.63, 3.8) is 0 Å². The molecule has 3 nitrogen and oxygen atoms in total. The van der Waals surface area contributed by atoms with E-state index in [1.165, 1.54) is 6.42 Å². The first-order valence-corrected chi connectivity index (χ1v) is 5.82. The fourth-order valence-corrected chi connectivity index (χ4v) is 1.63. The molecule has 0 saturated heterocycles. The van der Waals surface area contributed by atoms with Gasteiger partial charge in [-0.05, 0) is 26.1 Å². The SMILES string of the molecule is CCCNCCN(C)Cc1cc(Cl)c[nH]1. The molecule has 1 heterocycles. The lowest BCUT2D eigenvalue weighted by atomic mass is 10.4. The van der Waals surface area contributed by atoms with Crippen LogP contribution in [0.1, 0.15) is 19.0 Å². The third kappa shape index (κ3) is 5.21. The average molecular weight is 230 g/mol. The number of nitrogens with zero attached hydrogens (tertiary/aromatic N) is 1. The van der Waals surface area contributed by atoms with E-state index in [9.17, 15) is 0 Å². The van der Waals surface area contributed by atoms with Crippen LogP contribution >= 0.6 is 11.6 Å². The maximum Gasteiger partial charge on any atom is 0.0583 e. The molecule has 0 fully saturated rings. The Bertz CT molecular complexity index is 273. The third-order valence-electron chi connectivity index (χ3n) is 2.24. The lowest BCUT2D eigenvalue weighted by molar-refractivity contribution is 0.321. The highest BCUT2D eigenvalue weighted by molar-refractivity contribution is 6.30. The van der Waals surface area contributed by atoms with Crippen molar-refractivity contribution >= 4 is 11.6 Å². The van der Waals surface area contributed by atoms with E-state index in [4.69, 9.17) is 11.6 Å². The molecule has 86 valence electrons. The van der Waals surface area contributed by atoms with E-state index in [0.717, 1.165) is 36.9 Å². The molecule has 1 rings (SSSR count). The molecule has 1 aromatic heterocycles. The van der Waals surface area contributed by atoms with Gasteiger partial charge in [0.05, 0.1) is 5.02 Å². The summed E-state index contributed by atoms with van der Waals surface area (Å²) < 4.78 is 0. The first-order valence-electron chi connectivity index (χ1n) is 5.44. The van der Waals surface area contributed by atoms with Gasteiger partial charge in [0.2, 0.25) is 0 Å². The van der Waals surface area contributed by atoms with Gasteiger partial charge in [-0.3, -0.25) is 4.90 Å². The maximum absolute atomic E-state index is 5.83. The Morgan fingerprint density at radius 1 is 1.47 bits per heavy atom. The van der Waals surface area contributed by atoms with Crippen LogP contribution in [0.2, 0.25) is 5.02 Å². The summed E-state index contributed by atoms with van der Waals surface area (Å²) in [6, 6.07) is 1.97. The number of halogens is 1. The van der Waals surface area contributed by atoms with E-state index in [2.05, 4.69) is 29.2 Å². The van der Waals surface area contributed by atoms with Gasteiger partial charge in [-0.25, -0.2) is 0 Å². The fraction of sp³-hybridized carbons (Fsp3) is 0.636. The molecule has 0 atom stereocenters. The number of aromatic amines is 1. The number of nitrogens with one attached hydrogen (secondary N) is 2. The summed E-state index contributed by atoms with van der Waals surface area (Å²) in [7, 11) is 2.11. The summed E-state index contributed by atoms with van der Waals surface area (Å²) in [6.45, 7) is 6.29. The normalized spacial score (nSPS) is 11.2. The standard InChI is InChI=1S/C11H20ClN3/c1-3-4-13-5-6-15(2)9-11-7-10(12)8-14-11/h7-8,13-14H,3-6,9H2,1-2H3. The molecule has 0 amide bonds. The first-order chi connectivity index (χ1) is 7.22. The van der Waals surface area contributed by atoms with Crippen LogP contribution in [0.4, 0.5) is 0 Å². The molecule has 0 aliphatic heterocycles. The Morgan fingerprint density at radius 3 is 2.87 bits per heavy atom. The second kappa shape index (κ2) is 6.88. The van der Waals surface area contributed by atoms with Crippen molar-refractivity contribution in [1.29, 1.82) is 0 Å². The van der Waals surface area contributed by atoms with E-state index in [-0.39, 0.29) is 0 Å². The molecule has 0 aliphatic rings. The minimum atomic E-state index is 0.780. The highest BCUT2D eigenvalue weighted by Crippen LogP contribution is 2.10. The molecule has 4 heteroatoms. The number of rotatable bonds is 7. The highest BCUT2D eigenvalue weighted by atomic mass is 35.5. The van der Waals surface area contributed by atoms with E-state index in [0.29, 0.717) is 0 Å². The highest BCUT2D eigenvalue weighted by Gasteiger charge is 2.01. The van der Waals surface area contributed by atoms with Crippen molar-refractivity contribution in [3.05, 3.63) is 23.0 Å². The summed E-state index contributed by atoms with van der Waals surface area (Å²) in [5, 5.41) is 4.16. The molecule has 15 heavy (non-hydrogen) atoms. The Hall–Kier alpha value is -0.510. The van der Waals surface area contributed by atoms with E-state index >= 15 is 0 Å². The predicted octanol–water partition coefficient (Wildman–Crippen LogP) is 2.10. The van der Waals surface area contributed by atoms with Crippen LogP contribution in [0.5, 0.6) is 0 Å². The lowest BCUT2D eigenvalue weighted by Gasteiger charge is -2.15. The third-order valence-corrected chi connectivity index (χ3v) is 2.46. The molecular weight excluding hydrogens is 210 g/mol. The minimum Gasteiger partial charge on any atom is -0.363 e. The Kier molecular flexibility index (Phi) is 5.76. The van der Waals surface area contributed by atoms with Crippen molar-refractivity contribution in [2.75, 3.05) is 26.7 Å². The largest absolute Gasteiger partial charge is 0.363 e. The monoisotopic (exact) mass is 229 g/mol. The summed E-state index contributed by atoms with van der Waals surface area (Å²) in [5.41, 5.74) is 1.16. The van der Waals surface area contributed by atoms with Crippen molar-refractivity contribution in [2.24, 2.45) is 0 Å². The van der Waals surface area contributed by atoms with Gasteiger partial charge < -0.3 is 10.3 Å². The number of hydrogen-bond acceptors (Lipinski definition) is 2. The molecule has 1 aromatic rings. The van der Waals surface area contributed by atoms with Crippen LogP contribution in [-0.2, 0) is 6.54 Å². The second-order valence-electron chi connectivity index (χ2n) is 3.83. The van der Waals surface area contributed by atoms with Crippen molar-refractivity contribution in [3.8, 4) is 0 Å². The van der Waals surface area contributed by atoms with Gasteiger partial charge in [-0.15, -0.1) is 0 Å². The molecule has 2 N–H and O–H groups in total. The average Bonchev–Trinajstić information content (AvgIpc) is 2.59. The van der Waals surface area contributed by atoms with E-state index < -0.39 is 0 Å². The van der Waals surface area contributed by atoms with Crippen molar-refractivity contribution in [2.45, 2.75) is 19.9 Å². The number of H-pyrrole nitrogens is 1. The number of likely N-dealkylation sites (N-methyl/N-ethyl adjacent to an activating group) is 1. The molecule has 0 radical (unpaired) electrons. The lowest BCUT2D eigenvalue weighted by Crippen LogP contribution is -2.29. The van der Waals surface area contributed by atoms with Gasteiger partial charge in [-0.2, -0.15) is 0 Å². The van der Waals surface area contributed by atoms with Gasteiger partial charge in [0.25, 0.3) is 0 Å². The van der Waals surface area contributed by atoms with Crippen molar-refractivity contribution < 1.29 is 0 Å². The van der Waals surface area contributed by atoms with E-state index in [1.807, 2.05) is 12.3 Å². The summed E-state index contributed by atoms with van der Waals surface area (Å²) in [5.74, 6) is 0. The topological polar surface area (TPSA) is 31.1 Å². The van der Waals surface area contributed by atoms with Crippen LogP contribution in [-0.4, -0.2) is 36.6 Å². The molecule has 0 bridgehead atoms. The summed E-state index contributed by atoms with van der Waals surface area (Å²) in [4.78, 5) is 5.41. The molecular formula is C11H20ClN3. The van der Waals surface area contributed by atoms with Crippen LogP contribution < -0.4 is 5.32 Å². The Morgan fingerprint density at radius 2 is 2.27 bits per heavy atom. The fourth-order valence-electron chi connectivity index (χ4n) is 1.44. The Labute approximate surface area is 96.8 Å². The zero-order valence-electron chi connectivity index (χ0n) is 9.52. The van der Waals surface area contributed by atoms with Crippen LogP contribution in [0, 0.1) is 0 Å². The molecule has 0 unspecified atom stereocenters. The second-order valence-corrected chi connectivity index (χ2v) is 4.27. The smallest absolute Gasteiger partial charge is 0.0583 e. The maximum atomic E-state index is 5.83. The minimum absolute atomic E-state index is 0.780. The molecule has 0 saturated carbocycles. The first kappa shape index (κ1) is 12.6. The molecule has 0 aromatic carbocycles. The predicted molar refractivity (Wildman–Crippen MR) is 65.3 cm³/mol. The molecule has 0 aliphatic carbocycles. The number of hydrogen-bond donors (Lipinski definition) is 2. The van der Waals surface area contributed by atoms with Crippen LogP contribution in [0.15, 0.2) is 12.3 Å². The van der Waals surface area contributed by atoms with Gasteiger partial charge in [0, 0.05) is 31.5 Å². The summed E-state index contributed by atoms with van der Waals surface area (Å²) in [6.07, 6.45) is 3.01. The number of aromatic nitrogens is 1. The van der Waals surface area contributed by atoms with Gasteiger partial charge in [0.15, 0.2) is 0 Å². The zero-order valence-corrected chi connectivity index (χ0v) is 10.3. The van der Waals surface area contributed by atoms with E-state index in [1.54, 1.807) is 0 Å². The Balaban J connectivity index is 2.15. The zero-order chi connectivity index (χ0) is 11.1. The van der Waals surface area contributed by atoms with Crippen molar-refractivity contribution in [1.82, 2.24) is 15.2 Å².